The van der Waals surface area contributed by atoms with Gasteiger partial charge in [-0.15, -0.1) is 0 Å². The molecule has 0 spiro atoms. The predicted molar refractivity (Wildman–Crippen MR) is 108 cm³/mol. The van der Waals surface area contributed by atoms with E-state index in [9.17, 15) is 14.4 Å². The van der Waals surface area contributed by atoms with E-state index in [0.717, 1.165) is 25.8 Å². The summed E-state index contributed by atoms with van der Waals surface area (Å²) in [6.45, 7) is 4.49. The third-order valence-electron chi connectivity index (χ3n) is 4.74. The minimum absolute atomic E-state index is 0.0316. The summed E-state index contributed by atoms with van der Waals surface area (Å²) in [5.41, 5.74) is 1.06. The first-order chi connectivity index (χ1) is 13.4. The Morgan fingerprint density at radius 1 is 1.21 bits per heavy atom. The predicted octanol–water partition coefficient (Wildman–Crippen LogP) is 2.38. The molecule has 154 valence electrons. The van der Waals surface area contributed by atoms with Gasteiger partial charge in [-0.25, -0.2) is 4.79 Å². The molecule has 2 rings (SSSR count). The van der Waals surface area contributed by atoms with Crippen molar-refractivity contribution >= 4 is 23.5 Å². The molecule has 1 atom stereocenters. The molecule has 1 aliphatic heterocycles. The highest BCUT2D eigenvalue weighted by molar-refractivity contribution is 5.97. The molecule has 0 saturated carbocycles. The number of carbonyl (C=O) groups excluding carboxylic acids is 3. The lowest BCUT2D eigenvalue weighted by atomic mass is 10.1. The highest BCUT2D eigenvalue weighted by Gasteiger charge is 2.33. The molecule has 0 radical (unpaired) electrons. The van der Waals surface area contributed by atoms with Crippen LogP contribution in [0, 0.1) is 5.92 Å². The molecule has 1 fully saturated rings. The van der Waals surface area contributed by atoms with Crippen LogP contribution in [0.25, 0.3) is 0 Å². The minimum atomic E-state index is -0.360. The van der Waals surface area contributed by atoms with Crippen molar-refractivity contribution in [2.75, 3.05) is 45.7 Å². The smallest absolute Gasteiger partial charge is 0.338 e. The monoisotopic (exact) mass is 389 g/mol. The van der Waals surface area contributed by atoms with Crippen LogP contribution in [0.2, 0.25) is 0 Å². The first-order valence-corrected chi connectivity index (χ1v) is 9.91. The van der Waals surface area contributed by atoms with Crippen molar-refractivity contribution in [2.24, 2.45) is 5.92 Å². The van der Waals surface area contributed by atoms with E-state index in [2.05, 4.69) is 10.2 Å². The number of benzene rings is 1. The first kappa shape index (κ1) is 21.9. The van der Waals surface area contributed by atoms with E-state index in [-0.39, 0.29) is 30.1 Å². The maximum absolute atomic E-state index is 12.5. The Labute approximate surface area is 167 Å². The summed E-state index contributed by atoms with van der Waals surface area (Å²) in [5.74, 6) is -0.836. The number of nitrogens with zero attached hydrogens (tertiary/aromatic N) is 2. The molecule has 0 aliphatic carbocycles. The van der Waals surface area contributed by atoms with Crippen LogP contribution in [-0.4, -0.2) is 67.9 Å². The molecule has 28 heavy (non-hydrogen) atoms. The standard InChI is InChI=1S/C21H31N3O4/c1-4-5-13-28-21(27)16-7-9-18(10-8-16)22-20(26)17-14-19(25)24(15-17)12-6-11-23(2)3/h7-10,17H,4-6,11-15H2,1-3H3,(H,22,26). The van der Waals surface area contributed by atoms with Crippen molar-refractivity contribution in [1.82, 2.24) is 9.80 Å². The molecule has 1 heterocycles. The molecule has 1 aromatic carbocycles. The Morgan fingerprint density at radius 2 is 1.93 bits per heavy atom. The zero-order chi connectivity index (χ0) is 20.5. The Kier molecular flexibility index (Phi) is 8.44. The van der Waals surface area contributed by atoms with E-state index in [1.165, 1.54) is 0 Å². The van der Waals surface area contributed by atoms with Crippen molar-refractivity contribution in [3.8, 4) is 0 Å². The van der Waals surface area contributed by atoms with Gasteiger partial charge in [-0.2, -0.15) is 0 Å². The van der Waals surface area contributed by atoms with Gasteiger partial charge >= 0.3 is 5.97 Å². The number of hydrogen-bond donors (Lipinski definition) is 1. The van der Waals surface area contributed by atoms with Crippen LogP contribution in [0.15, 0.2) is 24.3 Å². The highest BCUT2D eigenvalue weighted by Crippen LogP contribution is 2.20. The Morgan fingerprint density at radius 3 is 2.57 bits per heavy atom. The summed E-state index contributed by atoms with van der Waals surface area (Å²) in [6.07, 6.45) is 2.94. The largest absolute Gasteiger partial charge is 0.462 e. The number of anilines is 1. The number of rotatable bonds is 10. The summed E-state index contributed by atoms with van der Waals surface area (Å²) in [7, 11) is 4.00. The number of hydrogen-bond acceptors (Lipinski definition) is 5. The molecule has 1 aromatic rings. The number of likely N-dealkylation sites (tertiary alicyclic amines) is 1. The maximum atomic E-state index is 12.5. The van der Waals surface area contributed by atoms with Crippen LogP contribution in [0.5, 0.6) is 0 Å². The number of ether oxygens (including phenoxy) is 1. The summed E-state index contributed by atoms with van der Waals surface area (Å²) in [4.78, 5) is 40.4. The van der Waals surface area contributed by atoms with Gasteiger partial charge in [0.2, 0.25) is 11.8 Å². The summed E-state index contributed by atoms with van der Waals surface area (Å²) < 4.78 is 5.17. The highest BCUT2D eigenvalue weighted by atomic mass is 16.5. The van der Waals surface area contributed by atoms with E-state index >= 15 is 0 Å². The number of carbonyl (C=O) groups is 3. The molecular weight excluding hydrogens is 358 g/mol. The van der Waals surface area contributed by atoms with Crippen LogP contribution in [-0.2, 0) is 14.3 Å². The van der Waals surface area contributed by atoms with Crippen LogP contribution in [0.3, 0.4) is 0 Å². The van der Waals surface area contributed by atoms with E-state index < -0.39 is 0 Å². The number of amides is 2. The summed E-state index contributed by atoms with van der Waals surface area (Å²) >= 11 is 0. The SMILES string of the molecule is CCCCOC(=O)c1ccc(NC(=O)C2CC(=O)N(CCCN(C)C)C2)cc1. The topological polar surface area (TPSA) is 78.9 Å². The zero-order valence-corrected chi connectivity index (χ0v) is 17.1. The summed E-state index contributed by atoms with van der Waals surface area (Å²) in [5, 5.41) is 2.84. The van der Waals surface area contributed by atoms with Crippen LogP contribution >= 0.6 is 0 Å². The number of unbranched alkanes of at least 4 members (excludes halogenated alkanes) is 1. The average Bonchev–Trinajstić information content (AvgIpc) is 3.03. The third kappa shape index (κ3) is 6.64. The van der Waals surface area contributed by atoms with Crippen molar-refractivity contribution in [3.05, 3.63) is 29.8 Å². The van der Waals surface area contributed by atoms with E-state index in [1.54, 1.807) is 29.2 Å². The zero-order valence-electron chi connectivity index (χ0n) is 17.1. The molecule has 7 nitrogen and oxygen atoms in total. The fourth-order valence-corrected chi connectivity index (χ4v) is 3.07. The number of esters is 1. The lowest BCUT2D eigenvalue weighted by molar-refractivity contribution is -0.128. The molecule has 7 heteroatoms. The molecule has 1 unspecified atom stereocenters. The fourth-order valence-electron chi connectivity index (χ4n) is 3.07. The second-order valence-electron chi connectivity index (χ2n) is 7.45. The van der Waals surface area contributed by atoms with E-state index in [0.29, 0.717) is 30.9 Å². The van der Waals surface area contributed by atoms with Gasteiger partial charge in [-0.3, -0.25) is 9.59 Å². The van der Waals surface area contributed by atoms with Crippen LogP contribution < -0.4 is 5.32 Å². The van der Waals surface area contributed by atoms with Gasteiger partial charge < -0.3 is 19.9 Å². The van der Waals surface area contributed by atoms with Gasteiger partial charge in [0, 0.05) is 25.2 Å². The van der Waals surface area contributed by atoms with Crippen LogP contribution in [0.4, 0.5) is 5.69 Å². The van der Waals surface area contributed by atoms with E-state index in [1.807, 2.05) is 21.0 Å². The fraction of sp³-hybridized carbons (Fsp3) is 0.571. The van der Waals surface area contributed by atoms with Crippen molar-refractivity contribution in [2.45, 2.75) is 32.6 Å². The second-order valence-corrected chi connectivity index (χ2v) is 7.45. The van der Waals surface area contributed by atoms with Gasteiger partial charge in [0.1, 0.15) is 0 Å². The van der Waals surface area contributed by atoms with Gasteiger partial charge in [0.05, 0.1) is 18.1 Å². The molecule has 2 amide bonds. The Hall–Kier alpha value is -2.41. The van der Waals surface area contributed by atoms with Crippen molar-refractivity contribution < 1.29 is 19.1 Å². The van der Waals surface area contributed by atoms with Gasteiger partial charge in [-0.05, 0) is 57.7 Å². The van der Waals surface area contributed by atoms with Crippen molar-refractivity contribution in [3.63, 3.8) is 0 Å². The molecule has 1 saturated heterocycles. The lowest BCUT2D eigenvalue weighted by Crippen LogP contribution is -2.30. The average molecular weight is 389 g/mol. The summed E-state index contributed by atoms with van der Waals surface area (Å²) in [6, 6.07) is 6.63. The second kappa shape index (κ2) is 10.8. The lowest BCUT2D eigenvalue weighted by Gasteiger charge is -2.18. The van der Waals surface area contributed by atoms with Gasteiger partial charge in [0.25, 0.3) is 0 Å². The van der Waals surface area contributed by atoms with E-state index in [4.69, 9.17) is 4.74 Å². The molecular formula is C21H31N3O4. The maximum Gasteiger partial charge on any atom is 0.338 e. The Balaban J connectivity index is 1.82. The first-order valence-electron chi connectivity index (χ1n) is 9.91. The molecule has 1 aliphatic rings. The van der Waals surface area contributed by atoms with Gasteiger partial charge in [0.15, 0.2) is 0 Å². The molecule has 1 N–H and O–H groups in total. The minimum Gasteiger partial charge on any atom is -0.462 e. The Bertz CT molecular complexity index is 673. The third-order valence-corrected chi connectivity index (χ3v) is 4.74. The van der Waals surface area contributed by atoms with Crippen molar-refractivity contribution in [1.29, 1.82) is 0 Å². The normalized spacial score (nSPS) is 16.5. The van der Waals surface area contributed by atoms with Gasteiger partial charge in [-0.1, -0.05) is 13.3 Å². The number of nitrogens with one attached hydrogen (secondary N) is 1. The quantitative estimate of drug-likeness (QED) is 0.491. The molecule has 0 bridgehead atoms. The molecule has 0 aromatic heterocycles. The van der Waals surface area contributed by atoms with Crippen LogP contribution in [0.1, 0.15) is 43.0 Å².